The lowest BCUT2D eigenvalue weighted by atomic mass is 9.78. The van der Waals surface area contributed by atoms with Crippen molar-refractivity contribution in [2.24, 2.45) is 11.8 Å². The van der Waals surface area contributed by atoms with Crippen molar-refractivity contribution in [2.45, 2.75) is 57.4 Å². The number of anilines is 1. The first-order chi connectivity index (χ1) is 9.22. The Kier molecular flexibility index (Phi) is 5.62. The van der Waals surface area contributed by atoms with Crippen molar-refractivity contribution in [3.63, 3.8) is 0 Å². The van der Waals surface area contributed by atoms with Gasteiger partial charge in [-0.05, 0) is 42.6 Å². The Bertz CT molecular complexity index is 389. The van der Waals surface area contributed by atoms with Crippen LogP contribution in [0.15, 0.2) is 29.2 Å². The van der Waals surface area contributed by atoms with E-state index in [1.165, 1.54) is 36.3 Å². The van der Waals surface area contributed by atoms with E-state index < -0.39 is 0 Å². The summed E-state index contributed by atoms with van der Waals surface area (Å²) >= 11 is 1.94. The fraction of sp³-hybridized carbons (Fsp3) is 0.647. The van der Waals surface area contributed by atoms with E-state index in [2.05, 4.69) is 50.4 Å². The summed E-state index contributed by atoms with van der Waals surface area (Å²) in [4.78, 5) is 1.40. The Morgan fingerprint density at radius 2 is 1.95 bits per heavy atom. The summed E-state index contributed by atoms with van der Waals surface area (Å²) in [5.74, 6) is 2.74. The monoisotopic (exact) mass is 277 g/mol. The van der Waals surface area contributed by atoms with Gasteiger partial charge in [0.25, 0.3) is 0 Å². The fourth-order valence-corrected chi connectivity index (χ4v) is 3.97. The molecule has 106 valence electrons. The van der Waals surface area contributed by atoms with Gasteiger partial charge in [-0.15, -0.1) is 11.8 Å². The molecule has 1 aliphatic rings. The van der Waals surface area contributed by atoms with Gasteiger partial charge in [0.2, 0.25) is 0 Å². The van der Waals surface area contributed by atoms with Crippen LogP contribution in [0, 0.1) is 11.8 Å². The normalized spacial score (nSPS) is 23.6. The van der Waals surface area contributed by atoms with Crippen LogP contribution in [-0.4, -0.2) is 11.8 Å². The van der Waals surface area contributed by atoms with E-state index in [-0.39, 0.29) is 0 Å². The lowest BCUT2D eigenvalue weighted by Crippen LogP contribution is -2.35. The van der Waals surface area contributed by atoms with Gasteiger partial charge in [-0.2, -0.15) is 0 Å². The molecule has 2 unspecified atom stereocenters. The smallest absolute Gasteiger partial charge is 0.0480 e. The number of nitrogens with one attached hydrogen (secondary N) is 1. The zero-order valence-corrected chi connectivity index (χ0v) is 13.3. The quantitative estimate of drug-likeness (QED) is 0.721. The minimum absolute atomic E-state index is 0.660. The van der Waals surface area contributed by atoms with Crippen molar-refractivity contribution in [2.75, 3.05) is 11.1 Å². The molecule has 0 radical (unpaired) electrons. The first-order valence-electron chi connectivity index (χ1n) is 7.70. The molecule has 1 nitrogen and oxygen atoms in total. The minimum Gasteiger partial charge on any atom is -0.381 e. The third kappa shape index (κ3) is 3.92. The molecule has 1 N–H and O–H groups in total. The highest BCUT2D eigenvalue weighted by Gasteiger charge is 2.27. The Morgan fingerprint density at radius 1 is 1.21 bits per heavy atom. The zero-order valence-electron chi connectivity index (χ0n) is 12.5. The number of thioether (sulfide) groups is 1. The molecule has 1 aromatic rings. The predicted octanol–water partition coefficient (Wildman–Crippen LogP) is 5.43. The van der Waals surface area contributed by atoms with Gasteiger partial charge >= 0.3 is 0 Å². The van der Waals surface area contributed by atoms with Crippen molar-refractivity contribution in [3.8, 4) is 0 Å². The third-order valence-corrected chi connectivity index (χ3v) is 5.16. The number of benzene rings is 1. The first kappa shape index (κ1) is 14.8. The molecule has 0 heterocycles. The Morgan fingerprint density at radius 3 is 2.68 bits per heavy atom. The largest absolute Gasteiger partial charge is 0.381 e. The topological polar surface area (TPSA) is 12.0 Å². The summed E-state index contributed by atoms with van der Waals surface area (Å²) in [6.45, 7) is 6.97. The fourth-order valence-electron chi connectivity index (χ4n) is 3.20. The number of hydrogen-bond acceptors (Lipinski definition) is 2. The van der Waals surface area contributed by atoms with Crippen LogP contribution in [0.1, 0.15) is 46.5 Å². The van der Waals surface area contributed by atoms with Crippen LogP contribution in [0.25, 0.3) is 0 Å². The van der Waals surface area contributed by atoms with Crippen LogP contribution >= 0.6 is 11.8 Å². The van der Waals surface area contributed by atoms with E-state index in [0.29, 0.717) is 6.04 Å². The summed E-state index contributed by atoms with van der Waals surface area (Å²) < 4.78 is 0. The van der Waals surface area contributed by atoms with E-state index >= 15 is 0 Å². The molecular formula is C17H27NS. The van der Waals surface area contributed by atoms with Crippen molar-refractivity contribution >= 4 is 17.4 Å². The molecule has 0 spiro atoms. The molecule has 2 rings (SSSR count). The maximum absolute atomic E-state index is 3.84. The molecule has 1 saturated carbocycles. The van der Waals surface area contributed by atoms with Gasteiger partial charge in [0.05, 0.1) is 0 Å². The van der Waals surface area contributed by atoms with Crippen molar-refractivity contribution in [1.29, 1.82) is 0 Å². The Balaban J connectivity index is 2.10. The van der Waals surface area contributed by atoms with Crippen molar-refractivity contribution in [1.82, 2.24) is 0 Å². The highest BCUT2D eigenvalue weighted by atomic mass is 32.2. The number of rotatable bonds is 5. The second-order valence-corrected chi connectivity index (χ2v) is 7.18. The standard InChI is InChI=1S/C17H27NS/c1-4-19-17-12-8-7-11-16(17)18-15-10-6-5-9-14(15)13(2)3/h7-8,11-15,18H,4-6,9-10H2,1-3H3. The van der Waals surface area contributed by atoms with Gasteiger partial charge < -0.3 is 5.32 Å². The van der Waals surface area contributed by atoms with Gasteiger partial charge in [0.15, 0.2) is 0 Å². The van der Waals surface area contributed by atoms with Gasteiger partial charge in [-0.1, -0.05) is 45.7 Å². The maximum Gasteiger partial charge on any atom is 0.0480 e. The summed E-state index contributed by atoms with van der Waals surface area (Å²) in [6, 6.07) is 9.43. The number of hydrogen-bond donors (Lipinski definition) is 1. The van der Waals surface area contributed by atoms with Crippen molar-refractivity contribution < 1.29 is 0 Å². The lowest BCUT2D eigenvalue weighted by molar-refractivity contribution is 0.253. The Labute approximate surface area is 122 Å². The molecule has 2 heteroatoms. The average Bonchev–Trinajstić information content (AvgIpc) is 2.42. The molecule has 0 bridgehead atoms. The summed E-state index contributed by atoms with van der Waals surface area (Å²) in [5.41, 5.74) is 1.34. The highest BCUT2D eigenvalue weighted by Crippen LogP contribution is 2.34. The van der Waals surface area contributed by atoms with Crippen LogP contribution < -0.4 is 5.32 Å². The second kappa shape index (κ2) is 7.23. The van der Waals surface area contributed by atoms with Crippen LogP contribution in [0.5, 0.6) is 0 Å². The third-order valence-electron chi connectivity index (χ3n) is 4.20. The van der Waals surface area contributed by atoms with E-state index in [1.807, 2.05) is 11.8 Å². The summed E-state index contributed by atoms with van der Waals surface area (Å²) in [5, 5.41) is 3.84. The molecular weight excluding hydrogens is 250 g/mol. The van der Waals surface area contributed by atoms with Crippen LogP contribution in [0.4, 0.5) is 5.69 Å². The van der Waals surface area contributed by atoms with E-state index in [0.717, 1.165) is 17.6 Å². The van der Waals surface area contributed by atoms with E-state index in [1.54, 1.807) is 0 Å². The zero-order chi connectivity index (χ0) is 13.7. The molecule has 1 aliphatic carbocycles. The summed E-state index contributed by atoms with van der Waals surface area (Å²) in [7, 11) is 0. The van der Waals surface area contributed by atoms with Gasteiger partial charge in [-0.3, -0.25) is 0 Å². The first-order valence-corrected chi connectivity index (χ1v) is 8.69. The SMILES string of the molecule is CCSc1ccccc1NC1CCCCC1C(C)C. The molecule has 2 atom stereocenters. The van der Waals surface area contributed by atoms with Gasteiger partial charge in [0.1, 0.15) is 0 Å². The number of para-hydroxylation sites is 1. The minimum atomic E-state index is 0.660. The Hall–Kier alpha value is -0.630. The molecule has 1 fully saturated rings. The van der Waals surface area contributed by atoms with Crippen LogP contribution in [0.3, 0.4) is 0 Å². The molecule has 0 amide bonds. The molecule has 19 heavy (non-hydrogen) atoms. The predicted molar refractivity (Wildman–Crippen MR) is 87.0 cm³/mol. The van der Waals surface area contributed by atoms with Crippen LogP contribution in [0.2, 0.25) is 0 Å². The van der Waals surface area contributed by atoms with E-state index in [9.17, 15) is 0 Å². The second-order valence-electron chi connectivity index (χ2n) is 5.87. The average molecular weight is 277 g/mol. The molecule has 1 aromatic carbocycles. The van der Waals surface area contributed by atoms with Gasteiger partial charge in [-0.25, -0.2) is 0 Å². The lowest BCUT2D eigenvalue weighted by Gasteiger charge is -2.36. The van der Waals surface area contributed by atoms with E-state index in [4.69, 9.17) is 0 Å². The molecule has 0 aromatic heterocycles. The van der Waals surface area contributed by atoms with Gasteiger partial charge in [0, 0.05) is 16.6 Å². The molecule has 0 aliphatic heterocycles. The summed E-state index contributed by atoms with van der Waals surface area (Å²) in [6.07, 6.45) is 5.50. The molecule has 0 saturated heterocycles. The maximum atomic E-state index is 3.84. The van der Waals surface area contributed by atoms with Crippen molar-refractivity contribution in [3.05, 3.63) is 24.3 Å². The van der Waals surface area contributed by atoms with Crippen LogP contribution in [-0.2, 0) is 0 Å². The highest BCUT2D eigenvalue weighted by molar-refractivity contribution is 7.99.